The van der Waals surface area contributed by atoms with Crippen molar-refractivity contribution in [3.05, 3.63) is 23.3 Å². The van der Waals surface area contributed by atoms with Crippen LogP contribution in [0.25, 0.3) is 0 Å². The Hall–Kier alpha value is -1.26. The molecule has 3 fully saturated rings. The molecule has 1 saturated carbocycles. The average molecular weight is 543 g/mol. The van der Waals surface area contributed by atoms with E-state index in [-0.39, 0.29) is 24.0 Å². The molecule has 8 nitrogen and oxygen atoms in total. The van der Waals surface area contributed by atoms with E-state index in [2.05, 4.69) is 29.4 Å². The van der Waals surface area contributed by atoms with E-state index < -0.39 is 41.5 Å². The molecule has 0 radical (unpaired) electrons. The number of unbranched alkanes of at least 4 members (excludes halogenated alkanes) is 1. The van der Waals surface area contributed by atoms with Crippen LogP contribution in [-0.2, 0) is 38.0 Å². The summed E-state index contributed by atoms with van der Waals surface area (Å²) in [7, 11) is 2.65. The Labute approximate surface area is 209 Å². The average Bonchev–Trinajstić information content (AvgIpc) is 3.13. The van der Waals surface area contributed by atoms with E-state index in [1.807, 2.05) is 6.92 Å². The van der Waals surface area contributed by atoms with Gasteiger partial charge in [0.2, 0.25) is 5.79 Å². The fourth-order valence-corrected chi connectivity index (χ4v) is 7.19. The maximum atomic E-state index is 13.3. The van der Waals surface area contributed by atoms with Crippen LogP contribution >= 0.6 is 15.9 Å². The number of methoxy groups -OCH3 is 2. The highest BCUT2D eigenvalue weighted by molar-refractivity contribution is 9.09. The van der Waals surface area contributed by atoms with Gasteiger partial charge in [0, 0.05) is 12.5 Å². The molecule has 0 N–H and O–H groups in total. The van der Waals surface area contributed by atoms with Gasteiger partial charge in [-0.05, 0) is 37.2 Å². The summed E-state index contributed by atoms with van der Waals surface area (Å²) in [5.74, 6) is -3.38. The van der Waals surface area contributed by atoms with E-state index in [0.717, 1.165) is 25.7 Å². The number of carbonyl (C=O) groups excluding carboxylic acids is 2. The standard InChI is InChI=1S/C25H35BrO8/c1-6-8-9-15-16-10-11-32-25-21(16)19(23(28)30-5)18(22(27)29-4)20(15)24(25,14(3)13-33-25)34-17(12-26)31-7-2/h15-17,20-21H,3,6-13H2,1-2,4-5H3/t15-,16-,17?,20+,21-,24+,25+/m1/s1. The van der Waals surface area contributed by atoms with E-state index in [0.29, 0.717) is 29.7 Å². The van der Waals surface area contributed by atoms with E-state index in [4.69, 9.17) is 28.4 Å². The third kappa shape index (κ3) is 3.45. The van der Waals surface area contributed by atoms with Gasteiger partial charge >= 0.3 is 11.9 Å². The summed E-state index contributed by atoms with van der Waals surface area (Å²) in [6.45, 7) is 9.49. The van der Waals surface area contributed by atoms with E-state index in [1.165, 1.54) is 14.2 Å². The third-order valence-electron chi connectivity index (χ3n) is 7.93. The highest BCUT2D eigenvalue weighted by atomic mass is 79.9. The smallest absolute Gasteiger partial charge is 0.334 e. The van der Waals surface area contributed by atoms with E-state index in [9.17, 15) is 9.59 Å². The van der Waals surface area contributed by atoms with Crippen molar-refractivity contribution in [3.63, 3.8) is 0 Å². The predicted octanol–water partition coefficient (Wildman–Crippen LogP) is 3.53. The molecule has 4 bridgehead atoms. The summed E-state index contributed by atoms with van der Waals surface area (Å²) in [6.07, 6.45) is 3.00. The second-order valence-electron chi connectivity index (χ2n) is 9.33. The minimum absolute atomic E-state index is 0.0560. The largest absolute Gasteiger partial charge is 0.466 e. The molecule has 34 heavy (non-hydrogen) atoms. The summed E-state index contributed by atoms with van der Waals surface area (Å²) in [5, 5.41) is 0.410. The molecule has 1 spiro atoms. The number of hydrogen-bond donors (Lipinski definition) is 0. The number of halogens is 1. The van der Waals surface area contributed by atoms with Gasteiger partial charge in [-0.2, -0.15) is 0 Å². The molecule has 190 valence electrons. The molecule has 2 saturated heterocycles. The lowest BCUT2D eigenvalue weighted by Crippen LogP contribution is -2.76. The van der Waals surface area contributed by atoms with Crippen molar-refractivity contribution in [3.8, 4) is 0 Å². The molecule has 1 unspecified atom stereocenters. The van der Waals surface area contributed by atoms with Gasteiger partial charge < -0.3 is 28.4 Å². The molecule has 3 aliphatic carbocycles. The van der Waals surface area contributed by atoms with E-state index >= 15 is 0 Å². The van der Waals surface area contributed by atoms with Crippen molar-refractivity contribution in [2.45, 2.75) is 57.2 Å². The third-order valence-corrected chi connectivity index (χ3v) is 8.46. The lowest BCUT2D eigenvalue weighted by atomic mass is 9.45. The van der Waals surface area contributed by atoms with Gasteiger partial charge in [0.1, 0.15) is 0 Å². The highest BCUT2D eigenvalue weighted by Gasteiger charge is 2.80. The van der Waals surface area contributed by atoms with E-state index in [1.54, 1.807) is 0 Å². The van der Waals surface area contributed by atoms with Gasteiger partial charge in [-0.3, -0.25) is 0 Å². The lowest BCUT2D eigenvalue weighted by molar-refractivity contribution is -0.390. The molecule has 2 heterocycles. The van der Waals surface area contributed by atoms with Crippen LogP contribution in [0.1, 0.15) is 39.5 Å². The molecular weight excluding hydrogens is 508 g/mol. The Morgan fingerprint density at radius 2 is 1.82 bits per heavy atom. The fraction of sp³-hybridized carbons (Fsp3) is 0.760. The molecule has 5 aliphatic rings. The second kappa shape index (κ2) is 10.0. The monoisotopic (exact) mass is 542 g/mol. The van der Waals surface area contributed by atoms with Gasteiger partial charge in [0.15, 0.2) is 11.9 Å². The summed E-state index contributed by atoms with van der Waals surface area (Å²) in [5.41, 5.74) is 0.0638. The van der Waals surface area contributed by atoms with Crippen molar-refractivity contribution in [2.75, 3.05) is 39.4 Å². The van der Waals surface area contributed by atoms with Crippen LogP contribution < -0.4 is 0 Å². The molecule has 5 rings (SSSR count). The van der Waals surface area contributed by atoms with Crippen molar-refractivity contribution >= 4 is 27.9 Å². The molecule has 0 amide bonds. The zero-order valence-electron chi connectivity index (χ0n) is 20.4. The van der Waals surface area contributed by atoms with Crippen molar-refractivity contribution in [1.82, 2.24) is 0 Å². The summed E-state index contributed by atoms with van der Waals surface area (Å²) >= 11 is 3.50. The Morgan fingerprint density at radius 1 is 1.15 bits per heavy atom. The molecule has 0 aromatic rings. The summed E-state index contributed by atoms with van der Waals surface area (Å²) in [6, 6.07) is 0. The first-order valence-corrected chi connectivity index (χ1v) is 13.2. The number of carbonyl (C=O) groups is 2. The number of esters is 2. The maximum Gasteiger partial charge on any atom is 0.334 e. The van der Waals surface area contributed by atoms with Crippen LogP contribution in [-0.4, -0.2) is 69.0 Å². The number of rotatable bonds is 10. The molecule has 7 atom stereocenters. The highest BCUT2D eigenvalue weighted by Crippen LogP contribution is 2.70. The zero-order valence-corrected chi connectivity index (χ0v) is 22.0. The first-order valence-electron chi connectivity index (χ1n) is 12.1. The number of hydrogen-bond acceptors (Lipinski definition) is 8. The fourth-order valence-electron chi connectivity index (χ4n) is 6.87. The van der Waals surface area contributed by atoms with Gasteiger partial charge in [0.25, 0.3) is 0 Å². The zero-order chi connectivity index (χ0) is 24.7. The Morgan fingerprint density at radius 3 is 2.41 bits per heavy atom. The topological polar surface area (TPSA) is 89.5 Å². The molecule has 2 aliphatic heterocycles. The van der Waals surface area contributed by atoms with Crippen molar-refractivity contribution in [2.24, 2.45) is 23.7 Å². The van der Waals surface area contributed by atoms with Crippen LogP contribution in [0, 0.1) is 23.7 Å². The van der Waals surface area contributed by atoms with Gasteiger partial charge in [-0.15, -0.1) is 0 Å². The summed E-state index contributed by atoms with van der Waals surface area (Å²) in [4.78, 5) is 26.5. The number of alkyl halides is 1. The van der Waals surface area contributed by atoms with Gasteiger partial charge in [-0.25, -0.2) is 9.59 Å². The minimum Gasteiger partial charge on any atom is -0.466 e. The second-order valence-corrected chi connectivity index (χ2v) is 9.97. The molecule has 0 aromatic carbocycles. The van der Waals surface area contributed by atoms with Crippen LogP contribution in [0.3, 0.4) is 0 Å². The van der Waals surface area contributed by atoms with Crippen molar-refractivity contribution < 1.29 is 38.0 Å². The molecule has 9 heteroatoms. The molecular formula is C25H35BrO8. The summed E-state index contributed by atoms with van der Waals surface area (Å²) < 4.78 is 36.0. The Balaban J connectivity index is 2.01. The van der Waals surface area contributed by atoms with Crippen molar-refractivity contribution in [1.29, 1.82) is 0 Å². The Bertz CT molecular complexity index is 871. The quantitative estimate of drug-likeness (QED) is 0.179. The minimum atomic E-state index is -1.29. The first-order chi connectivity index (χ1) is 16.4. The van der Waals surface area contributed by atoms with Crippen LogP contribution in [0.5, 0.6) is 0 Å². The SMILES string of the molecule is C=C1CO[C@@]23OCC[C@@H]4[C@@H](CCCC)[C@@H](C(C(=O)OC)=C(C(=O)OC)[C@@H]42)[C@@]13OC(CBr)OCC. The molecule has 0 aromatic heterocycles. The predicted molar refractivity (Wildman–Crippen MR) is 126 cm³/mol. The lowest BCUT2D eigenvalue weighted by Gasteiger charge is -2.66. The normalized spacial score (nSPS) is 36.9. The van der Waals surface area contributed by atoms with Gasteiger partial charge in [-0.1, -0.05) is 42.3 Å². The first kappa shape index (κ1) is 25.8. The maximum absolute atomic E-state index is 13.3. The van der Waals surface area contributed by atoms with Crippen LogP contribution in [0.15, 0.2) is 23.3 Å². The van der Waals surface area contributed by atoms with Crippen LogP contribution in [0.4, 0.5) is 0 Å². The van der Waals surface area contributed by atoms with Gasteiger partial charge in [0.05, 0.1) is 49.8 Å². The Kier molecular flexibility index (Phi) is 7.60. The van der Waals surface area contributed by atoms with Crippen LogP contribution in [0.2, 0.25) is 0 Å². The number of ether oxygens (including phenoxy) is 6.